The van der Waals surface area contributed by atoms with Gasteiger partial charge in [0.05, 0.1) is 30.7 Å². The largest absolute Gasteiger partial charge is 0.460 e. The molecule has 4 N–H and O–H groups in total. The van der Waals surface area contributed by atoms with Crippen molar-refractivity contribution in [1.82, 2.24) is 26.2 Å². The topological polar surface area (TPSA) is 200 Å². The van der Waals surface area contributed by atoms with Crippen LogP contribution in [0.15, 0.2) is 30.3 Å². The number of nitrogens with one attached hydrogen (secondary N) is 4. The van der Waals surface area contributed by atoms with Gasteiger partial charge in [-0.2, -0.15) is 0 Å². The summed E-state index contributed by atoms with van der Waals surface area (Å²) < 4.78 is 27.8. The number of carbonyl (C=O) groups is 6. The van der Waals surface area contributed by atoms with Gasteiger partial charge in [-0.1, -0.05) is 30.3 Å². The number of amides is 4. The average Bonchev–Trinajstić information content (AvgIpc) is 3.58. The molecule has 0 aliphatic carbocycles. The molecule has 1 aromatic carbocycles. The number of esters is 2. The molecular formula is C43H71N5O11. The Labute approximate surface area is 350 Å². The Hall–Kier alpha value is -4.44. The number of hydrogen-bond acceptors (Lipinski definition) is 12. The summed E-state index contributed by atoms with van der Waals surface area (Å²) in [7, 11) is 0. The van der Waals surface area contributed by atoms with Gasteiger partial charge in [0, 0.05) is 19.6 Å². The van der Waals surface area contributed by atoms with Crippen LogP contribution in [0.2, 0.25) is 0 Å². The number of ether oxygens (including phenoxy) is 5. The molecule has 1 saturated heterocycles. The molecule has 59 heavy (non-hydrogen) atoms. The third-order valence-corrected chi connectivity index (χ3v) is 8.40. The van der Waals surface area contributed by atoms with E-state index in [0.29, 0.717) is 45.2 Å². The molecule has 1 fully saturated rings. The summed E-state index contributed by atoms with van der Waals surface area (Å²) in [5, 5.41) is 11.4. The second-order valence-electron chi connectivity index (χ2n) is 18.8. The van der Waals surface area contributed by atoms with E-state index in [0.717, 1.165) is 5.56 Å². The summed E-state index contributed by atoms with van der Waals surface area (Å²) in [4.78, 5) is 81.3. The highest BCUT2D eigenvalue weighted by atomic mass is 16.6. The Morgan fingerprint density at radius 2 is 1.37 bits per heavy atom. The molecule has 0 spiro atoms. The molecule has 0 saturated carbocycles. The molecule has 1 aliphatic rings. The smallest absolute Gasteiger partial charge is 0.408 e. The van der Waals surface area contributed by atoms with Crippen molar-refractivity contribution in [2.75, 3.05) is 26.2 Å². The van der Waals surface area contributed by atoms with Gasteiger partial charge in [-0.15, -0.1) is 0 Å². The van der Waals surface area contributed by atoms with Crippen molar-refractivity contribution in [1.29, 1.82) is 0 Å². The van der Waals surface area contributed by atoms with E-state index in [-0.39, 0.29) is 32.1 Å². The fourth-order valence-electron chi connectivity index (χ4n) is 5.90. The van der Waals surface area contributed by atoms with Gasteiger partial charge in [0.15, 0.2) is 0 Å². The number of nitrogens with zero attached hydrogens (tertiary/aromatic N) is 1. The lowest BCUT2D eigenvalue weighted by Gasteiger charge is -2.31. The Morgan fingerprint density at radius 3 is 1.97 bits per heavy atom. The third-order valence-electron chi connectivity index (χ3n) is 8.40. The minimum Gasteiger partial charge on any atom is -0.460 e. The molecule has 0 aromatic heterocycles. The van der Waals surface area contributed by atoms with Gasteiger partial charge in [0.2, 0.25) is 11.8 Å². The summed E-state index contributed by atoms with van der Waals surface area (Å²) >= 11 is 0. The van der Waals surface area contributed by atoms with E-state index in [4.69, 9.17) is 23.7 Å². The zero-order valence-corrected chi connectivity index (χ0v) is 37.4. The first-order chi connectivity index (χ1) is 27.2. The number of benzene rings is 1. The number of unbranched alkanes of at least 4 members (excludes halogenated alkanes) is 1. The standard InChI is InChI=1S/C43H71N5O11/c1-40(2,3)56-28-32(47-39(54)55-27-29-19-14-13-15-20-29)35(50)46-30(25-34(49)57-41(4,5)6)26-45-31(21-16-17-23-44-38(53)59-43(10,11)12)36(51)48-24-18-22-33(48)37(52)58-42(7,8)9/h13-15,19-20,30-33,45H,16-18,21-28H2,1-12H3,(H,44,53)(H,46,50)(H,47,54)/t30-,31-,32-,33-/m0/s1. The van der Waals surface area contributed by atoms with Crippen molar-refractivity contribution < 1.29 is 52.5 Å². The van der Waals surface area contributed by atoms with Crippen LogP contribution in [0.5, 0.6) is 0 Å². The van der Waals surface area contributed by atoms with Crippen LogP contribution in [0, 0.1) is 0 Å². The first kappa shape index (κ1) is 50.7. The average molecular weight is 834 g/mol. The molecule has 1 aromatic rings. The van der Waals surface area contributed by atoms with Gasteiger partial charge in [-0.25, -0.2) is 14.4 Å². The van der Waals surface area contributed by atoms with E-state index in [1.54, 1.807) is 74.4 Å². The first-order valence-corrected chi connectivity index (χ1v) is 20.6. The minimum atomic E-state index is -1.22. The number of likely N-dealkylation sites (tertiary alicyclic amines) is 1. The Bertz CT molecular complexity index is 1530. The highest BCUT2D eigenvalue weighted by molar-refractivity contribution is 5.89. The zero-order chi connectivity index (χ0) is 44.6. The third kappa shape index (κ3) is 21.9. The van der Waals surface area contributed by atoms with Crippen LogP contribution in [-0.2, 0) is 49.5 Å². The second kappa shape index (κ2) is 22.8. The van der Waals surface area contributed by atoms with Crippen molar-refractivity contribution in [2.45, 2.75) is 175 Å². The lowest BCUT2D eigenvalue weighted by atomic mass is 10.1. The maximum atomic E-state index is 14.3. The van der Waals surface area contributed by atoms with E-state index in [2.05, 4.69) is 21.3 Å². The second-order valence-corrected chi connectivity index (χ2v) is 18.8. The monoisotopic (exact) mass is 834 g/mol. The quantitative estimate of drug-likeness (QED) is 0.0798. The van der Waals surface area contributed by atoms with Gasteiger partial charge in [0.25, 0.3) is 0 Å². The minimum absolute atomic E-state index is 0.0232. The molecule has 16 nitrogen and oxygen atoms in total. The van der Waals surface area contributed by atoms with Crippen LogP contribution in [0.1, 0.15) is 127 Å². The van der Waals surface area contributed by atoms with Crippen LogP contribution in [0.4, 0.5) is 9.59 Å². The Morgan fingerprint density at radius 1 is 0.746 bits per heavy atom. The number of carbonyl (C=O) groups excluding carboxylic acids is 6. The van der Waals surface area contributed by atoms with Crippen molar-refractivity contribution in [3.63, 3.8) is 0 Å². The Balaban J connectivity index is 2.32. The maximum absolute atomic E-state index is 14.3. The van der Waals surface area contributed by atoms with E-state index in [1.165, 1.54) is 4.90 Å². The van der Waals surface area contributed by atoms with Crippen molar-refractivity contribution in [3.05, 3.63) is 35.9 Å². The molecule has 334 valence electrons. The molecule has 4 amide bonds. The van der Waals surface area contributed by atoms with E-state index in [9.17, 15) is 28.8 Å². The zero-order valence-electron chi connectivity index (χ0n) is 37.4. The van der Waals surface area contributed by atoms with Crippen molar-refractivity contribution in [3.8, 4) is 0 Å². The van der Waals surface area contributed by atoms with Gasteiger partial charge in [-0.3, -0.25) is 14.4 Å². The predicted molar refractivity (Wildman–Crippen MR) is 222 cm³/mol. The SMILES string of the molecule is CC(C)(C)OC[C@H](NC(=O)OCc1ccccc1)C(=O)N[C@H](CN[C@@H](CCCCNC(=O)OC(C)(C)C)C(=O)N1CCC[C@H]1C(=O)OC(C)(C)C)CC(=O)OC(C)(C)C. The predicted octanol–water partition coefficient (Wildman–Crippen LogP) is 5.30. The normalized spacial score (nSPS) is 16.3. The van der Waals surface area contributed by atoms with Crippen LogP contribution in [0.25, 0.3) is 0 Å². The summed E-state index contributed by atoms with van der Waals surface area (Å²) in [6.45, 7) is 21.6. The molecule has 0 unspecified atom stereocenters. The highest BCUT2D eigenvalue weighted by Crippen LogP contribution is 2.23. The van der Waals surface area contributed by atoms with Crippen molar-refractivity contribution in [2.24, 2.45) is 0 Å². The molecule has 4 atom stereocenters. The molecule has 1 heterocycles. The summed E-state index contributed by atoms with van der Waals surface area (Å²) in [5.74, 6) is -2.07. The molecule has 1 aliphatic heterocycles. The summed E-state index contributed by atoms with van der Waals surface area (Å²) in [5.41, 5.74) is -2.12. The Kier molecular flexibility index (Phi) is 19.6. The van der Waals surface area contributed by atoms with Gasteiger partial charge in [-0.05, 0) is 121 Å². The van der Waals surface area contributed by atoms with Crippen molar-refractivity contribution >= 4 is 35.9 Å². The molecule has 16 heteroatoms. The van der Waals surface area contributed by atoms with Crippen LogP contribution >= 0.6 is 0 Å². The molecule has 0 bridgehead atoms. The molecule has 0 radical (unpaired) electrons. The molecular weight excluding hydrogens is 762 g/mol. The lowest BCUT2D eigenvalue weighted by molar-refractivity contribution is -0.163. The lowest BCUT2D eigenvalue weighted by Crippen LogP contribution is -2.57. The first-order valence-electron chi connectivity index (χ1n) is 20.6. The fraction of sp³-hybridized carbons (Fsp3) is 0.721. The van der Waals surface area contributed by atoms with Gasteiger partial charge in [0.1, 0.15) is 35.5 Å². The number of hydrogen-bond donors (Lipinski definition) is 4. The van der Waals surface area contributed by atoms with Crippen LogP contribution in [-0.4, -0.2) is 114 Å². The highest BCUT2D eigenvalue weighted by Gasteiger charge is 2.39. The van der Waals surface area contributed by atoms with E-state index in [1.807, 2.05) is 39.0 Å². The maximum Gasteiger partial charge on any atom is 0.408 e. The van der Waals surface area contributed by atoms with Crippen LogP contribution < -0.4 is 21.3 Å². The van der Waals surface area contributed by atoms with Gasteiger partial charge < -0.3 is 49.9 Å². The number of rotatable bonds is 19. The summed E-state index contributed by atoms with van der Waals surface area (Å²) in [6.07, 6.45) is 0.704. The molecule has 2 rings (SSSR count). The fourth-order valence-corrected chi connectivity index (χ4v) is 5.90. The summed E-state index contributed by atoms with van der Waals surface area (Å²) in [6, 6.07) is 5.33. The van der Waals surface area contributed by atoms with E-state index >= 15 is 0 Å². The van der Waals surface area contributed by atoms with Crippen LogP contribution in [0.3, 0.4) is 0 Å². The van der Waals surface area contributed by atoms with E-state index < -0.39 is 76.6 Å². The van der Waals surface area contributed by atoms with Gasteiger partial charge >= 0.3 is 24.1 Å². The number of alkyl carbamates (subject to hydrolysis) is 2.